The van der Waals surface area contributed by atoms with Gasteiger partial charge in [-0.15, -0.1) is 0 Å². The van der Waals surface area contributed by atoms with E-state index in [-0.39, 0.29) is 6.61 Å². The summed E-state index contributed by atoms with van der Waals surface area (Å²) in [5, 5.41) is 29.6. The van der Waals surface area contributed by atoms with Crippen LogP contribution in [0, 0.1) is 0 Å². The van der Waals surface area contributed by atoms with E-state index >= 15 is 0 Å². The van der Waals surface area contributed by atoms with Crippen molar-refractivity contribution in [3.63, 3.8) is 0 Å². The number of phenolic OH excluding ortho intramolecular Hbond substituents is 2. The average molecular weight is 303 g/mol. The molecule has 120 valence electrons. The molecule has 0 saturated carbocycles. The average Bonchev–Trinajstić information content (AvgIpc) is 2.54. The van der Waals surface area contributed by atoms with Crippen LogP contribution in [-0.2, 0) is 6.42 Å². The lowest BCUT2D eigenvalue weighted by Crippen LogP contribution is -2.29. The minimum Gasteiger partial charge on any atom is -0.508 e. The Morgan fingerprint density at radius 3 is 2.00 bits per heavy atom. The molecule has 0 saturated heterocycles. The summed E-state index contributed by atoms with van der Waals surface area (Å²) in [5.41, 5.74) is 1.23. The minimum absolute atomic E-state index is 0.184. The maximum Gasteiger partial charge on any atom is 0.115 e. The number of benzene rings is 2. The van der Waals surface area contributed by atoms with Crippen molar-refractivity contribution in [3.05, 3.63) is 60.2 Å². The number of aryl methyl sites for hydroxylation is 1. The molecule has 1 atom stereocenters. The molecule has 0 radical (unpaired) electrons. The van der Waals surface area contributed by atoms with Crippen LogP contribution >= 0.6 is 0 Å². The van der Waals surface area contributed by atoms with Crippen molar-refractivity contribution in [2.24, 2.45) is 0 Å². The molecule has 0 spiro atoms. The second-order valence-corrected chi connectivity index (χ2v) is 5.12. The lowest BCUT2D eigenvalue weighted by Gasteiger charge is -2.12. The number of aliphatic hydroxyl groups is 1. The molecule has 4 heteroatoms. The maximum atomic E-state index is 9.11. The summed E-state index contributed by atoms with van der Waals surface area (Å²) in [7, 11) is 0. The summed E-state index contributed by atoms with van der Waals surface area (Å²) in [6.45, 7) is 2.94. The molecule has 2 aromatic carbocycles. The van der Waals surface area contributed by atoms with Crippen molar-refractivity contribution in [1.29, 1.82) is 0 Å². The predicted molar refractivity (Wildman–Crippen MR) is 89.1 cm³/mol. The number of aromatic hydroxyl groups is 2. The number of nitrogens with one attached hydrogen (secondary N) is 1. The molecule has 0 aliphatic rings. The molecule has 22 heavy (non-hydrogen) atoms. The molecule has 0 bridgehead atoms. The van der Waals surface area contributed by atoms with Crippen molar-refractivity contribution in [2.75, 3.05) is 13.2 Å². The van der Waals surface area contributed by atoms with Gasteiger partial charge in [0.2, 0.25) is 0 Å². The Morgan fingerprint density at radius 1 is 0.909 bits per heavy atom. The van der Waals surface area contributed by atoms with E-state index in [1.54, 1.807) is 36.4 Å². The van der Waals surface area contributed by atoms with Crippen molar-refractivity contribution in [2.45, 2.75) is 25.8 Å². The first-order chi connectivity index (χ1) is 10.6. The van der Waals surface area contributed by atoms with Gasteiger partial charge in [-0.25, -0.2) is 0 Å². The number of phenols is 2. The maximum absolute atomic E-state index is 9.11. The predicted octanol–water partition coefficient (Wildman–Crippen LogP) is 2.69. The number of rotatable bonds is 6. The van der Waals surface area contributed by atoms with Gasteiger partial charge in [0.15, 0.2) is 0 Å². The lowest BCUT2D eigenvalue weighted by atomic mass is 10.1. The molecule has 4 N–H and O–H groups in total. The standard InChI is InChI=1S/C12H19NO2.C6H6O/c1-10(13-8-9-14)2-3-11-4-6-12(15)7-5-11;7-6-4-2-1-3-5-6/h4-7,10,13-15H,2-3,8-9H2,1H3;1-5,7H. The first-order valence-corrected chi connectivity index (χ1v) is 7.48. The highest BCUT2D eigenvalue weighted by Gasteiger charge is 2.01. The number of aliphatic hydroxyl groups excluding tert-OH is 1. The highest BCUT2D eigenvalue weighted by atomic mass is 16.3. The lowest BCUT2D eigenvalue weighted by molar-refractivity contribution is 0.284. The Balaban J connectivity index is 0.000000287. The van der Waals surface area contributed by atoms with Crippen LogP contribution in [0.25, 0.3) is 0 Å². The van der Waals surface area contributed by atoms with Crippen molar-refractivity contribution >= 4 is 0 Å². The Hall–Kier alpha value is -2.04. The van der Waals surface area contributed by atoms with E-state index < -0.39 is 0 Å². The fraction of sp³-hybridized carbons (Fsp3) is 0.333. The minimum atomic E-state index is 0.184. The molecule has 2 rings (SSSR count). The van der Waals surface area contributed by atoms with Crippen LogP contribution in [0.5, 0.6) is 11.5 Å². The van der Waals surface area contributed by atoms with Gasteiger partial charge in [-0.3, -0.25) is 0 Å². The molecule has 0 fully saturated rings. The van der Waals surface area contributed by atoms with Gasteiger partial charge in [0.25, 0.3) is 0 Å². The molecule has 0 heterocycles. The van der Waals surface area contributed by atoms with E-state index in [4.69, 9.17) is 15.3 Å². The van der Waals surface area contributed by atoms with E-state index in [1.807, 2.05) is 18.2 Å². The molecule has 0 aliphatic carbocycles. The molecule has 1 unspecified atom stereocenters. The summed E-state index contributed by atoms with van der Waals surface area (Å²) in [6.07, 6.45) is 2.02. The largest absolute Gasteiger partial charge is 0.508 e. The molecule has 0 aliphatic heterocycles. The van der Waals surface area contributed by atoms with Crippen LogP contribution in [0.4, 0.5) is 0 Å². The van der Waals surface area contributed by atoms with Crippen LogP contribution < -0.4 is 5.32 Å². The normalized spacial score (nSPS) is 11.4. The first kappa shape index (κ1) is 18.0. The topological polar surface area (TPSA) is 72.7 Å². The van der Waals surface area contributed by atoms with E-state index in [0.29, 0.717) is 24.1 Å². The number of hydrogen-bond donors (Lipinski definition) is 4. The molecule has 0 amide bonds. The first-order valence-electron chi connectivity index (χ1n) is 7.48. The SMILES string of the molecule is CC(CCc1ccc(O)cc1)NCCO.Oc1ccccc1. The van der Waals surface area contributed by atoms with Gasteiger partial charge in [0.05, 0.1) is 6.61 Å². The van der Waals surface area contributed by atoms with Crippen molar-refractivity contribution in [1.82, 2.24) is 5.32 Å². The Labute approximate surface area is 132 Å². The van der Waals surface area contributed by atoms with E-state index in [9.17, 15) is 0 Å². The van der Waals surface area contributed by atoms with Crippen LogP contribution in [0.3, 0.4) is 0 Å². The quantitative estimate of drug-likeness (QED) is 0.662. The Morgan fingerprint density at radius 2 is 1.50 bits per heavy atom. The zero-order valence-corrected chi connectivity index (χ0v) is 12.9. The van der Waals surface area contributed by atoms with Gasteiger partial charge in [-0.05, 0) is 49.6 Å². The molecule has 4 nitrogen and oxygen atoms in total. The second kappa shape index (κ2) is 10.7. The summed E-state index contributed by atoms with van der Waals surface area (Å²) < 4.78 is 0. The van der Waals surface area contributed by atoms with E-state index in [0.717, 1.165) is 12.8 Å². The van der Waals surface area contributed by atoms with Gasteiger partial charge in [0, 0.05) is 12.6 Å². The van der Waals surface area contributed by atoms with Crippen LogP contribution in [0.15, 0.2) is 54.6 Å². The third-order valence-corrected chi connectivity index (χ3v) is 3.16. The second-order valence-electron chi connectivity index (χ2n) is 5.12. The van der Waals surface area contributed by atoms with Crippen molar-refractivity contribution < 1.29 is 15.3 Å². The zero-order valence-electron chi connectivity index (χ0n) is 12.9. The third kappa shape index (κ3) is 8.29. The summed E-state index contributed by atoms with van der Waals surface area (Å²) in [5.74, 6) is 0.632. The van der Waals surface area contributed by atoms with Gasteiger partial charge >= 0.3 is 0 Å². The summed E-state index contributed by atoms with van der Waals surface area (Å²) in [6, 6.07) is 16.4. The van der Waals surface area contributed by atoms with Gasteiger partial charge in [-0.2, -0.15) is 0 Å². The Kier molecular flexibility index (Phi) is 8.72. The van der Waals surface area contributed by atoms with Crippen LogP contribution in [-0.4, -0.2) is 34.5 Å². The summed E-state index contributed by atoms with van der Waals surface area (Å²) in [4.78, 5) is 0. The highest BCUT2D eigenvalue weighted by molar-refractivity contribution is 5.25. The van der Waals surface area contributed by atoms with Gasteiger partial charge < -0.3 is 20.6 Å². The van der Waals surface area contributed by atoms with Gasteiger partial charge in [0.1, 0.15) is 11.5 Å². The molecular formula is C18H25NO3. The Bertz CT molecular complexity index is 500. The van der Waals surface area contributed by atoms with Crippen molar-refractivity contribution in [3.8, 4) is 11.5 Å². The molecular weight excluding hydrogens is 278 g/mol. The molecule has 2 aromatic rings. The smallest absolute Gasteiger partial charge is 0.115 e. The zero-order chi connectivity index (χ0) is 16.2. The highest BCUT2D eigenvalue weighted by Crippen LogP contribution is 2.11. The fourth-order valence-corrected chi connectivity index (χ4v) is 1.89. The summed E-state index contributed by atoms with van der Waals surface area (Å²) >= 11 is 0. The third-order valence-electron chi connectivity index (χ3n) is 3.16. The number of hydrogen-bond acceptors (Lipinski definition) is 4. The van der Waals surface area contributed by atoms with E-state index in [2.05, 4.69) is 12.2 Å². The molecule has 0 aromatic heterocycles. The number of para-hydroxylation sites is 1. The monoisotopic (exact) mass is 303 g/mol. The van der Waals surface area contributed by atoms with Crippen LogP contribution in [0.2, 0.25) is 0 Å². The van der Waals surface area contributed by atoms with E-state index in [1.165, 1.54) is 5.56 Å². The van der Waals surface area contributed by atoms with Gasteiger partial charge in [-0.1, -0.05) is 30.3 Å². The van der Waals surface area contributed by atoms with Crippen LogP contribution in [0.1, 0.15) is 18.9 Å². The fourth-order valence-electron chi connectivity index (χ4n) is 1.89.